The summed E-state index contributed by atoms with van der Waals surface area (Å²) in [5.74, 6) is 0.887. The number of benzene rings is 1. The minimum absolute atomic E-state index is 0.131. The first kappa shape index (κ1) is 40.5. The third kappa shape index (κ3) is 8.64. The summed E-state index contributed by atoms with van der Waals surface area (Å²) >= 11 is 0. The molecule has 6 rings (SSSR count). The molecule has 0 radical (unpaired) electrons. The van der Waals surface area contributed by atoms with E-state index in [9.17, 15) is 19.2 Å². The Morgan fingerprint density at radius 1 is 0.842 bits per heavy atom. The van der Waals surface area contributed by atoms with Crippen LogP contribution in [0.15, 0.2) is 49.2 Å². The molecule has 16 heteroatoms. The van der Waals surface area contributed by atoms with E-state index < -0.39 is 24.3 Å². The highest BCUT2D eigenvalue weighted by molar-refractivity contribution is 5.90. The van der Waals surface area contributed by atoms with Gasteiger partial charge in [-0.3, -0.25) is 9.59 Å². The fourth-order valence-corrected chi connectivity index (χ4v) is 7.58. The number of anilines is 1. The zero-order chi connectivity index (χ0) is 41.0. The Hall–Kier alpha value is -6.19. The van der Waals surface area contributed by atoms with Crippen LogP contribution in [-0.4, -0.2) is 98.1 Å². The van der Waals surface area contributed by atoms with Crippen LogP contribution in [0.5, 0.6) is 0 Å². The lowest BCUT2D eigenvalue weighted by Gasteiger charge is -2.29. The Morgan fingerprint density at radius 3 is 1.89 bits per heavy atom. The molecule has 6 N–H and O–H groups in total. The highest BCUT2D eigenvalue weighted by Gasteiger charge is 2.39. The van der Waals surface area contributed by atoms with Crippen LogP contribution in [0.4, 0.5) is 15.4 Å². The molecule has 3 aromatic heterocycles. The van der Waals surface area contributed by atoms with E-state index in [1.165, 1.54) is 14.2 Å². The number of nitrogen functional groups attached to an aromatic ring is 1. The summed E-state index contributed by atoms with van der Waals surface area (Å²) in [7, 11) is 2.55. The van der Waals surface area contributed by atoms with E-state index >= 15 is 0 Å². The number of rotatable bonds is 12. The van der Waals surface area contributed by atoms with Crippen LogP contribution >= 0.6 is 0 Å². The van der Waals surface area contributed by atoms with Crippen molar-refractivity contribution in [1.82, 2.24) is 45.4 Å². The summed E-state index contributed by atoms with van der Waals surface area (Å²) in [6.45, 7) is 12.7. The van der Waals surface area contributed by atoms with Gasteiger partial charge >= 0.3 is 12.2 Å². The summed E-state index contributed by atoms with van der Waals surface area (Å²) in [6.07, 6.45) is 7.15. The maximum atomic E-state index is 13.6. The number of methoxy groups -OCH3 is 2. The fraction of sp³-hybridized carbons (Fsp3) is 0.439. The van der Waals surface area contributed by atoms with E-state index in [1.54, 1.807) is 22.1 Å². The maximum Gasteiger partial charge on any atom is 0.407 e. The lowest BCUT2D eigenvalue weighted by atomic mass is 10.0. The summed E-state index contributed by atoms with van der Waals surface area (Å²) in [5, 5.41) is 5.36. The number of carbonyl (C=O) groups excluding carboxylic acids is 4. The second-order valence-electron chi connectivity index (χ2n) is 15.1. The number of carbonyl (C=O) groups is 4. The number of nitrogens with zero attached hydrogens (tertiary/aromatic N) is 5. The zero-order valence-electron chi connectivity index (χ0n) is 33.3. The van der Waals surface area contributed by atoms with Gasteiger partial charge in [0.2, 0.25) is 11.8 Å². The topological polar surface area (TPSA) is 214 Å². The number of hydrogen-bond donors (Lipinski definition) is 5. The molecule has 4 amide bonds. The first-order chi connectivity index (χ1) is 27.3. The van der Waals surface area contributed by atoms with Crippen LogP contribution in [0.25, 0.3) is 33.9 Å². The molecule has 0 saturated carbocycles. The Labute approximate surface area is 331 Å². The number of amides is 4. The van der Waals surface area contributed by atoms with Gasteiger partial charge in [-0.15, -0.1) is 0 Å². The van der Waals surface area contributed by atoms with Crippen molar-refractivity contribution in [2.24, 2.45) is 11.8 Å². The number of nitrogens with one attached hydrogen (secondary N) is 4. The van der Waals surface area contributed by atoms with Gasteiger partial charge in [0.25, 0.3) is 0 Å². The first-order valence-electron chi connectivity index (χ1n) is 19.3. The van der Waals surface area contributed by atoms with Crippen molar-refractivity contribution in [3.63, 3.8) is 0 Å². The van der Waals surface area contributed by atoms with E-state index in [-0.39, 0.29) is 35.7 Å². The molecule has 0 unspecified atom stereocenters. The van der Waals surface area contributed by atoms with Gasteiger partial charge in [-0.25, -0.2) is 24.5 Å². The Morgan fingerprint density at radius 2 is 1.39 bits per heavy atom. The number of allylic oxidation sites excluding steroid dienone is 2. The predicted molar refractivity (Wildman–Crippen MR) is 216 cm³/mol. The smallest absolute Gasteiger partial charge is 0.407 e. The largest absolute Gasteiger partial charge is 0.453 e. The minimum Gasteiger partial charge on any atom is -0.453 e. The van der Waals surface area contributed by atoms with Crippen LogP contribution in [0, 0.1) is 11.8 Å². The summed E-state index contributed by atoms with van der Waals surface area (Å²) in [5.41, 5.74) is 11.8. The molecule has 16 nitrogen and oxygen atoms in total. The van der Waals surface area contributed by atoms with E-state index in [0.717, 1.165) is 47.0 Å². The van der Waals surface area contributed by atoms with Crippen molar-refractivity contribution >= 4 is 52.6 Å². The second kappa shape index (κ2) is 17.3. The van der Waals surface area contributed by atoms with E-state index in [0.29, 0.717) is 48.3 Å². The number of H-pyrrole nitrogens is 2. The number of pyridine rings is 1. The van der Waals surface area contributed by atoms with Crippen molar-refractivity contribution in [2.45, 2.75) is 77.5 Å². The molecule has 1 aromatic carbocycles. The average Bonchev–Trinajstić information content (AvgIpc) is 4.03. The minimum atomic E-state index is -0.739. The first-order valence-corrected chi connectivity index (χ1v) is 19.3. The molecule has 2 aliphatic heterocycles. The third-order valence-corrected chi connectivity index (χ3v) is 10.7. The zero-order valence-corrected chi connectivity index (χ0v) is 33.3. The Balaban J connectivity index is 1.18. The summed E-state index contributed by atoms with van der Waals surface area (Å²) < 4.78 is 9.51. The monoisotopic (exact) mass is 780 g/mol. The number of aromatic amines is 2. The number of hydrogen-bond acceptors (Lipinski definition) is 10. The van der Waals surface area contributed by atoms with Crippen molar-refractivity contribution in [3.8, 4) is 11.1 Å². The molecule has 2 aliphatic rings. The van der Waals surface area contributed by atoms with Crippen molar-refractivity contribution in [3.05, 3.63) is 72.1 Å². The summed E-state index contributed by atoms with van der Waals surface area (Å²) in [6, 6.07) is 7.93. The molecule has 0 bridgehead atoms. The highest BCUT2D eigenvalue weighted by Crippen LogP contribution is 2.35. The molecule has 0 aliphatic carbocycles. The van der Waals surface area contributed by atoms with Crippen LogP contribution in [0.1, 0.15) is 88.4 Å². The van der Waals surface area contributed by atoms with E-state index in [1.807, 2.05) is 64.1 Å². The van der Waals surface area contributed by atoms with Crippen LogP contribution in [0.2, 0.25) is 0 Å². The molecule has 4 aromatic rings. The second-order valence-corrected chi connectivity index (χ2v) is 15.1. The molecule has 302 valence electrons. The van der Waals surface area contributed by atoms with Crippen LogP contribution < -0.4 is 16.4 Å². The van der Waals surface area contributed by atoms with Crippen molar-refractivity contribution in [1.29, 1.82) is 0 Å². The highest BCUT2D eigenvalue weighted by atomic mass is 16.5. The SMILES string of the molecule is C=C/C(=C\c1[nH]c([C@@H]2CCCN2C(=O)[C@@H](NC(=O)OC)C(C)C)nc1N)c1ccc(-c2cnc3nc([C@@H]4CCCN4C(=O)[C@@H](NC(=O)OC)C(C)C)[nH]c3c2)cc1. The maximum absolute atomic E-state index is 13.6. The number of fused-ring (bicyclic) bond motifs is 1. The lowest BCUT2D eigenvalue weighted by Crippen LogP contribution is -2.51. The molecule has 4 atom stereocenters. The standard InChI is InChI=1S/C41H52N10O6/c1-8-24(19-28-34(42)48-36(44-28)30-11-9-17-50(30)38(52)32(22(2)3)46-40(54)56-6)25-13-15-26(16-14-25)27-20-29-35(43-21-27)49-37(45-29)31-12-10-18-51(31)39(53)33(23(4)5)47-41(55)57-7/h8,13-16,19-23,30-33H,1,9-12,17-18,42H2,2-7H3,(H,44,48)(H,46,54)(H,47,55)(H,43,45,49)/b24-19+/t30-,31-,32-,33-/m0/s1. The Kier molecular flexibility index (Phi) is 12.3. The number of ether oxygens (including phenoxy) is 2. The molecule has 0 spiro atoms. The molecule has 5 heterocycles. The molecule has 2 fully saturated rings. The number of alkyl carbamates (subject to hydrolysis) is 2. The van der Waals surface area contributed by atoms with Gasteiger partial charge in [0, 0.05) is 24.8 Å². The van der Waals surface area contributed by atoms with E-state index in [2.05, 4.69) is 37.1 Å². The van der Waals surface area contributed by atoms with Crippen molar-refractivity contribution < 1.29 is 28.7 Å². The number of imidazole rings is 2. The molecule has 2 saturated heterocycles. The van der Waals surface area contributed by atoms with E-state index in [4.69, 9.17) is 20.2 Å². The average molecular weight is 781 g/mol. The Bertz CT molecular complexity index is 2160. The van der Waals surface area contributed by atoms with Gasteiger partial charge in [0.05, 0.1) is 37.5 Å². The summed E-state index contributed by atoms with van der Waals surface area (Å²) in [4.78, 5) is 75.5. The normalized spacial score (nSPS) is 18.2. The van der Waals surface area contributed by atoms with Crippen molar-refractivity contribution in [2.75, 3.05) is 33.0 Å². The third-order valence-electron chi connectivity index (χ3n) is 10.7. The van der Waals surface area contributed by atoms with Gasteiger partial charge in [0.15, 0.2) is 5.65 Å². The number of aromatic nitrogens is 5. The predicted octanol–water partition coefficient (Wildman–Crippen LogP) is 5.75. The van der Waals surface area contributed by atoms with Gasteiger partial charge in [-0.1, -0.05) is 64.6 Å². The van der Waals surface area contributed by atoms with Gasteiger partial charge < -0.3 is 45.6 Å². The van der Waals surface area contributed by atoms with Gasteiger partial charge in [-0.05, 0) is 66.4 Å². The molecular formula is C41H52N10O6. The molecular weight excluding hydrogens is 729 g/mol. The lowest BCUT2D eigenvalue weighted by molar-refractivity contribution is -0.136. The van der Waals surface area contributed by atoms with Crippen LogP contribution in [0.3, 0.4) is 0 Å². The van der Waals surface area contributed by atoms with Gasteiger partial charge in [0.1, 0.15) is 29.6 Å². The number of likely N-dealkylation sites (tertiary alicyclic amines) is 2. The van der Waals surface area contributed by atoms with Gasteiger partial charge in [-0.2, -0.15) is 0 Å². The molecule has 57 heavy (non-hydrogen) atoms. The fourth-order valence-electron chi connectivity index (χ4n) is 7.58. The quantitative estimate of drug-likeness (QED) is 0.110. The van der Waals surface area contributed by atoms with Crippen LogP contribution in [-0.2, 0) is 19.1 Å². The number of nitrogens with two attached hydrogens (primary N) is 1.